The lowest BCUT2D eigenvalue weighted by atomic mass is 10.00. The number of rotatable bonds is 3. The molecular formula is C16H19NO4. The largest absolute Gasteiger partial charge is 0.507 e. The van der Waals surface area contributed by atoms with Crippen molar-refractivity contribution in [2.24, 2.45) is 5.92 Å². The van der Waals surface area contributed by atoms with Gasteiger partial charge in [-0.2, -0.15) is 0 Å². The normalized spacial score (nSPS) is 19.8. The van der Waals surface area contributed by atoms with Gasteiger partial charge in [-0.25, -0.2) is 4.79 Å². The van der Waals surface area contributed by atoms with Gasteiger partial charge in [0, 0.05) is 18.5 Å². The fraction of sp³-hybridized carbons (Fsp3) is 0.438. The van der Waals surface area contributed by atoms with Crippen molar-refractivity contribution in [2.45, 2.75) is 12.8 Å². The summed E-state index contributed by atoms with van der Waals surface area (Å²) in [5.74, 6) is 1.11. The number of nitrogens with zero attached hydrogens (tertiary/aromatic N) is 1. The topological polar surface area (TPSA) is 62.9 Å². The monoisotopic (exact) mass is 289 g/mol. The molecule has 1 N–H and O–H groups in total. The second-order valence-corrected chi connectivity index (χ2v) is 5.69. The lowest BCUT2D eigenvalue weighted by Gasteiger charge is -2.29. The van der Waals surface area contributed by atoms with Crippen LogP contribution in [0.3, 0.4) is 0 Å². The first-order chi connectivity index (χ1) is 10.1. The number of hydrogen-bond acceptors (Lipinski definition) is 5. The van der Waals surface area contributed by atoms with Gasteiger partial charge in [-0.1, -0.05) is 0 Å². The van der Waals surface area contributed by atoms with Crippen LogP contribution in [0.2, 0.25) is 0 Å². The Bertz CT molecular complexity index is 694. The third kappa shape index (κ3) is 3.19. The average molecular weight is 289 g/mol. The molecule has 5 nitrogen and oxygen atoms in total. The smallest absolute Gasteiger partial charge is 0.339 e. The molecular weight excluding hydrogens is 270 g/mol. The van der Waals surface area contributed by atoms with Crippen molar-refractivity contribution < 1.29 is 14.3 Å². The summed E-state index contributed by atoms with van der Waals surface area (Å²) >= 11 is 0. The molecule has 1 saturated heterocycles. The molecule has 2 heterocycles. The van der Waals surface area contributed by atoms with Gasteiger partial charge in [0.1, 0.15) is 17.1 Å². The van der Waals surface area contributed by atoms with Crippen LogP contribution in [-0.2, 0) is 0 Å². The first kappa shape index (κ1) is 13.9. The van der Waals surface area contributed by atoms with Gasteiger partial charge in [0.2, 0.25) is 0 Å². The van der Waals surface area contributed by atoms with Crippen LogP contribution in [-0.4, -0.2) is 36.8 Å². The summed E-state index contributed by atoms with van der Waals surface area (Å²) < 4.78 is 10.9. The van der Waals surface area contributed by atoms with E-state index in [1.165, 1.54) is 12.8 Å². The Balaban J connectivity index is 1.74. The van der Waals surface area contributed by atoms with Gasteiger partial charge < -0.3 is 19.2 Å². The Morgan fingerprint density at radius 1 is 1.43 bits per heavy atom. The minimum atomic E-state index is -0.564. The van der Waals surface area contributed by atoms with Crippen LogP contribution in [0, 0.1) is 5.92 Å². The summed E-state index contributed by atoms with van der Waals surface area (Å²) in [6.07, 6.45) is 2.37. The second-order valence-electron chi connectivity index (χ2n) is 5.69. The maximum atomic E-state index is 11.3. The number of fused-ring (bicyclic) bond motifs is 1. The van der Waals surface area contributed by atoms with Crippen molar-refractivity contribution in [3.8, 4) is 11.5 Å². The van der Waals surface area contributed by atoms with E-state index >= 15 is 0 Å². The van der Waals surface area contributed by atoms with Crippen molar-refractivity contribution in [3.63, 3.8) is 0 Å². The lowest BCUT2D eigenvalue weighted by Crippen LogP contribution is -2.34. The number of piperidine rings is 1. The Kier molecular flexibility index (Phi) is 3.84. The van der Waals surface area contributed by atoms with Gasteiger partial charge in [-0.05, 0) is 38.6 Å². The van der Waals surface area contributed by atoms with Crippen LogP contribution < -0.4 is 10.4 Å². The minimum absolute atomic E-state index is 0.0679. The zero-order chi connectivity index (χ0) is 14.8. The molecule has 1 aliphatic rings. The molecule has 3 rings (SSSR count). The van der Waals surface area contributed by atoms with Gasteiger partial charge >= 0.3 is 5.63 Å². The number of hydrogen-bond donors (Lipinski definition) is 1. The van der Waals surface area contributed by atoms with E-state index in [1.807, 2.05) is 0 Å². The minimum Gasteiger partial charge on any atom is -0.507 e. The van der Waals surface area contributed by atoms with E-state index in [1.54, 1.807) is 18.2 Å². The molecule has 0 aliphatic carbocycles. The fourth-order valence-corrected chi connectivity index (χ4v) is 2.84. The molecule has 2 aromatic rings. The van der Waals surface area contributed by atoms with E-state index in [9.17, 15) is 9.90 Å². The van der Waals surface area contributed by atoms with Crippen LogP contribution in [0.15, 0.2) is 33.5 Å². The average Bonchev–Trinajstić information content (AvgIpc) is 2.44. The van der Waals surface area contributed by atoms with Crippen molar-refractivity contribution in [1.29, 1.82) is 0 Å². The predicted octanol–water partition coefficient (Wildman–Crippen LogP) is 2.22. The predicted molar refractivity (Wildman–Crippen MR) is 79.9 cm³/mol. The van der Waals surface area contributed by atoms with Crippen molar-refractivity contribution in [3.05, 3.63) is 34.7 Å². The summed E-state index contributed by atoms with van der Waals surface area (Å²) in [5.41, 5.74) is -0.218. The summed E-state index contributed by atoms with van der Waals surface area (Å²) in [6.45, 7) is 2.85. The summed E-state index contributed by atoms with van der Waals surface area (Å²) in [7, 11) is 2.12. The molecule has 0 amide bonds. The quantitative estimate of drug-likeness (QED) is 0.878. The van der Waals surface area contributed by atoms with Gasteiger partial charge in [0.15, 0.2) is 0 Å². The highest BCUT2D eigenvalue weighted by atomic mass is 16.5. The third-order valence-corrected chi connectivity index (χ3v) is 3.90. The van der Waals surface area contributed by atoms with Crippen LogP contribution in [0.1, 0.15) is 12.8 Å². The number of aromatic hydroxyl groups is 1. The molecule has 0 bridgehead atoms. The molecule has 1 unspecified atom stereocenters. The van der Waals surface area contributed by atoms with E-state index in [-0.39, 0.29) is 5.75 Å². The molecule has 112 valence electrons. The highest BCUT2D eigenvalue weighted by Gasteiger charge is 2.17. The van der Waals surface area contributed by atoms with Gasteiger partial charge in [0.05, 0.1) is 18.1 Å². The van der Waals surface area contributed by atoms with Crippen LogP contribution >= 0.6 is 0 Å². The van der Waals surface area contributed by atoms with Crippen molar-refractivity contribution >= 4 is 11.0 Å². The molecule has 1 aromatic heterocycles. The van der Waals surface area contributed by atoms with Gasteiger partial charge in [-0.15, -0.1) is 0 Å². The molecule has 0 saturated carbocycles. The van der Waals surface area contributed by atoms with Crippen molar-refractivity contribution in [2.75, 3.05) is 26.7 Å². The zero-order valence-corrected chi connectivity index (χ0v) is 12.0. The highest BCUT2D eigenvalue weighted by Crippen LogP contribution is 2.27. The Labute approximate surface area is 122 Å². The van der Waals surface area contributed by atoms with Gasteiger partial charge in [-0.3, -0.25) is 0 Å². The van der Waals surface area contributed by atoms with E-state index in [0.717, 1.165) is 19.2 Å². The number of likely N-dealkylation sites (tertiary alicyclic amines) is 1. The molecule has 1 aromatic carbocycles. The molecule has 1 aliphatic heterocycles. The van der Waals surface area contributed by atoms with E-state index in [2.05, 4.69) is 11.9 Å². The first-order valence-corrected chi connectivity index (χ1v) is 7.20. The number of ether oxygens (including phenoxy) is 1. The van der Waals surface area contributed by atoms with Crippen LogP contribution in [0.5, 0.6) is 11.5 Å². The SMILES string of the molecule is CN1CCCC(COc2ccc3c(O)cc(=O)oc3c2)C1. The van der Waals surface area contributed by atoms with Crippen LogP contribution in [0.25, 0.3) is 11.0 Å². The van der Waals surface area contributed by atoms with E-state index in [0.29, 0.717) is 29.2 Å². The van der Waals surface area contributed by atoms with Crippen molar-refractivity contribution in [1.82, 2.24) is 4.90 Å². The Morgan fingerprint density at radius 3 is 3.10 bits per heavy atom. The molecule has 0 radical (unpaired) electrons. The zero-order valence-electron chi connectivity index (χ0n) is 12.0. The lowest BCUT2D eigenvalue weighted by molar-refractivity contribution is 0.150. The molecule has 1 atom stereocenters. The van der Waals surface area contributed by atoms with Crippen LogP contribution in [0.4, 0.5) is 0 Å². The van der Waals surface area contributed by atoms with E-state index < -0.39 is 5.63 Å². The second kappa shape index (κ2) is 5.77. The van der Waals surface area contributed by atoms with E-state index in [4.69, 9.17) is 9.15 Å². The van der Waals surface area contributed by atoms with Gasteiger partial charge in [0.25, 0.3) is 0 Å². The first-order valence-electron chi connectivity index (χ1n) is 7.20. The Morgan fingerprint density at radius 2 is 2.29 bits per heavy atom. The summed E-state index contributed by atoms with van der Waals surface area (Å²) in [6, 6.07) is 6.22. The molecule has 1 fully saturated rings. The third-order valence-electron chi connectivity index (χ3n) is 3.90. The highest BCUT2D eigenvalue weighted by molar-refractivity contribution is 5.83. The molecule has 21 heavy (non-hydrogen) atoms. The maximum Gasteiger partial charge on any atom is 0.339 e. The maximum absolute atomic E-state index is 11.3. The summed E-state index contributed by atoms with van der Waals surface area (Å²) in [4.78, 5) is 13.6. The molecule has 0 spiro atoms. The Hall–Kier alpha value is -2.01. The fourth-order valence-electron chi connectivity index (χ4n) is 2.84. The number of benzene rings is 1. The standard InChI is InChI=1S/C16H19NO4/c1-17-6-2-3-11(9-17)10-20-12-4-5-13-14(18)8-16(19)21-15(13)7-12/h4-5,7-8,11,18H,2-3,6,9-10H2,1H3. The molecule has 5 heteroatoms. The summed E-state index contributed by atoms with van der Waals surface area (Å²) in [5, 5.41) is 10.2.